The molecule has 102 valence electrons. The Kier molecular flexibility index (Phi) is 2.77. The van der Waals surface area contributed by atoms with Crippen LogP contribution in [0.1, 0.15) is 31.4 Å². The van der Waals surface area contributed by atoms with Crippen molar-refractivity contribution in [1.82, 2.24) is 14.7 Å². The molecule has 0 unspecified atom stereocenters. The Bertz CT molecular complexity index is 579. The molecule has 4 nitrogen and oxygen atoms in total. The van der Waals surface area contributed by atoms with Crippen LogP contribution in [0.15, 0.2) is 11.6 Å². The average molecular weight is 276 g/mol. The minimum atomic E-state index is 0.751. The van der Waals surface area contributed by atoms with Gasteiger partial charge in [-0.05, 0) is 38.6 Å². The maximum atomic E-state index is 4.90. The normalized spacial score (nSPS) is 19.2. The summed E-state index contributed by atoms with van der Waals surface area (Å²) in [5.41, 5.74) is 1.33. The summed E-state index contributed by atoms with van der Waals surface area (Å²) in [6.07, 6.45) is 7.65. The fraction of sp³-hybridized carbons (Fsp3) is 0.643. The second-order valence-electron chi connectivity index (χ2n) is 5.79. The Morgan fingerprint density at radius 2 is 2.26 bits per heavy atom. The van der Waals surface area contributed by atoms with Gasteiger partial charge >= 0.3 is 0 Å². The van der Waals surface area contributed by atoms with Gasteiger partial charge in [-0.3, -0.25) is 4.40 Å². The van der Waals surface area contributed by atoms with Gasteiger partial charge in [0.25, 0.3) is 0 Å². The minimum absolute atomic E-state index is 0.751. The van der Waals surface area contributed by atoms with Crippen molar-refractivity contribution < 1.29 is 0 Å². The second-order valence-corrected chi connectivity index (χ2v) is 6.67. The number of hydrogen-bond donors (Lipinski definition) is 1. The minimum Gasteiger partial charge on any atom is -0.352 e. The van der Waals surface area contributed by atoms with Crippen molar-refractivity contribution in [2.24, 2.45) is 5.92 Å². The van der Waals surface area contributed by atoms with E-state index in [1.165, 1.54) is 43.7 Å². The van der Waals surface area contributed by atoms with Gasteiger partial charge in [-0.25, -0.2) is 4.98 Å². The summed E-state index contributed by atoms with van der Waals surface area (Å²) in [4.78, 5) is 8.62. The first-order chi connectivity index (χ1) is 9.36. The van der Waals surface area contributed by atoms with Crippen LogP contribution in [0.25, 0.3) is 4.96 Å². The molecule has 2 aliphatic rings. The topological polar surface area (TPSA) is 32.6 Å². The fourth-order valence-corrected chi connectivity index (χ4v) is 3.48. The van der Waals surface area contributed by atoms with Gasteiger partial charge in [-0.2, -0.15) is 0 Å². The zero-order valence-corrected chi connectivity index (χ0v) is 12.1. The quantitative estimate of drug-likeness (QED) is 0.880. The van der Waals surface area contributed by atoms with E-state index in [1.807, 2.05) is 7.05 Å². The van der Waals surface area contributed by atoms with E-state index in [2.05, 4.69) is 26.2 Å². The van der Waals surface area contributed by atoms with Crippen LogP contribution in [0.2, 0.25) is 0 Å². The molecule has 0 bridgehead atoms. The molecule has 0 saturated heterocycles. The van der Waals surface area contributed by atoms with Crippen LogP contribution < -0.4 is 10.2 Å². The first-order valence-electron chi connectivity index (χ1n) is 7.22. The molecule has 19 heavy (non-hydrogen) atoms. The van der Waals surface area contributed by atoms with E-state index < -0.39 is 0 Å². The van der Waals surface area contributed by atoms with Gasteiger partial charge in [-0.1, -0.05) is 0 Å². The Labute approximate surface area is 117 Å². The highest BCUT2D eigenvalue weighted by atomic mass is 32.1. The zero-order chi connectivity index (χ0) is 12.8. The molecule has 2 aromatic rings. The number of thiazole rings is 1. The molecule has 1 N–H and O–H groups in total. The molecule has 2 saturated carbocycles. The number of imidazole rings is 1. The predicted octanol–water partition coefficient (Wildman–Crippen LogP) is 2.49. The summed E-state index contributed by atoms with van der Waals surface area (Å²) in [6, 6.07) is 0.751. The van der Waals surface area contributed by atoms with Crippen molar-refractivity contribution in [3.05, 3.63) is 17.3 Å². The van der Waals surface area contributed by atoms with Crippen molar-refractivity contribution in [2.45, 2.75) is 38.3 Å². The fourth-order valence-electron chi connectivity index (χ4n) is 2.76. The molecule has 5 heteroatoms. The number of aromatic nitrogens is 2. The molecule has 0 aliphatic heterocycles. The molecule has 0 amide bonds. The lowest BCUT2D eigenvalue weighted by molar-refractivity contribution is 0.697. The highest BCUT2D eigenvalue weighted by Crippen LogP contribution is 2.39. The van der Waals surface area contributed by atoms with Crippen molar-refractivity contribution in [3.63, 3.8) is 0 Å². The molecule has 2 fully saturated rings. The van der Waals surface area contributed by atoms with E-state index in [0.717, 1.165) is 23.5 Å². The van der Waals surface area contributed by atoms with Gasteiger partial charge in [0.05, 0.1) is 5.69 Å². The Hall–Kier alpha value is -1.07. The van der Waals surface area contributed by atoms with Crippen molar-refractivity contribution >= 4 is 22.1 Å². The van der Waals surface area contributed by atoms with Gasteiger partial charge in [0.1, 0.15) is 0 Å². The smallest absolute Gasteiger partial charge is 0.195 e. The summed E-state index contributed by atoms with van der Waals surface area (Å²) in [7, 11) is 2.01. The second kappa shape index (κ2) is 4.49. The van der Waals surface area contributed by atoms with E-state index in [0.29, 0.717) is 0 Å². The lowest BCUT2D eigenvalue weighted by Gasteiger charge is -2.23. The molecule has 0 spiro atoms. The summed E-state index contributed by atoms with van der Waals surface area (Å²) >= 11 is 1.73. The van der Waals surface area contributed by atoms with E-state index in [9.17, 15) is 0 Å². The van der Waals surface area contributed by atoms with Gasteiger partial charge in [0.2, 0.25) is 0 Å². The maximum absolute atomic E-state index is 4.90. The van der Waals surface area contributed by atoms with Crippen LogP contribution in [0.4, 0.5) is 5.82 Å². The average Bonchev–Trinajstić information content (AvgIpc) is 3.30. The predicted molar refractivity (Wildman–Crippen MR) is 78.9 cm³/mol. The lowest BCUT2D eigenvalue weighted by Crippen LogP contribution is -2.30. The lowest BCUT2D eigenvalue weighted by atomic mass is 10.3. The number of anilines is 1. The SMILES string of the molecule is CNCc1c(N(CC2CC2)C2CC2)nc2sccn12. The molecule has 2 aromatic heterocycles. The molecule has 2 aliphatic carbocycles. The van der Waals surface area contributed by atoms with Crippen LogP contribution in [-0.2, 0) is 6.54 Å². The van der Waals surface area contributed by atoms with Crippen molar-refractivity contribution in [1.29, 1.82) is 0 Å². The third-order valence-electron chi connectivity index (χ3n) is 4.10. The first-order valence-corrected chi connectivity index (χ1v) is 8.10. The standard InChI is InChI=1S/C14H20N4S/c1-15-8-12-13(16-14-17(12)6-7-19-14)18(11-4-5-11)9-10-2-3-10/h6-7,10-11,15H,2-5,8-9H2,1H3. The largest absolute Gasteiger partial charge is 0.352 e. The van der Waals surface area contributed by atoms with E-state index in [1.54, 1.807) is 11.3 Å². The monoisotopic (exact) mass is 276 g/mol. The van der Waals surface area contributed by atoms with Crippen LogP contribution >= 0.6 is 11.3 Å². The van der Waals surface area contributed by atoms with Crippen molar-refractivity contribution in [2.75, 3.05) is 18.5 Å². The van der Waals surface area contributed by atoms with Gasteiger partial charge < -0.3 is 10.2 Å². The third-order valence-corrected chi connectivity index (χ3v) is 4.85. The summed E-state index contributed by atoms with van der Waals surface area (Å²) in [6.45, 7) is 2.10. The number of fused-ring (bicyclic) bond motifs is 1. The molecule has 2 heterocycles. The first kappa shape index (κ1) is 11.7. The van der Waals surface area contributed by atoms with Crippen LogP contribution in [-0.4, -0.2) is 29.0 Å². The van der Waals surface area contributed by atoms with Crippen LogP contribution in [0.5, 0.6) is 0 Å². The van der Waals surface area contributed by atoms with E-state index in [-0.39, 0.29) is 0 Å². The highest BCUT2D eigenvalue weighted by molar-refractivity contribution is 7.15. The molecular weight excluding hydrogens is 256 g/mol. The van der Waals surface area contributed by atoms with Crippen molar-refractivity contribution in [3.8, 4) is 0 Å². The Morgan fingerprint density at radius 1 is 1.42 bits per heavy atom. The number of nitrogens with zero attached hydrogens (tertiary/aromatic N) is 3. The van der Waals surface area contributed by atoms with E-state index in [4.69, 9.17) is 4.98 Å². The maximum Gasteiger partial charge on any atom is 0.195 e. The third kappa shape index (κ3) is 2.15. The molecule has 0 radical (unpaired) electrons. The number of nitrogens with one attached hydrogen (secondary N) is 1. The van der Waals surface area contributed by atoms with Gasteiger partial charge in [0.15, 0.2) is 10.8 Å². The molecule has 0 aromatic carbocycles. The number of hydrogen-bond acceptors (Lipinski definition) is 4. The van der Waals surface area contributed by atoms with E-state index >= 15 is 0 Å². The molecule has 4 rings (SSSR count). The Balaban J connectivity index is 1.73. The Morgan fingerprint density at radius 3 is 2.95 bits per heavy atom. The summed E-state index contributed by atoms with van der Waals surface area (Å²) in [5, 5.41) is 5.41. The summed E-state index contributed by atoms with van der Waals surface area (Å²) in [5.74, 6) is 2.15. The van der Waals surface area contributed by atoms with Gasteiger partial charge in [0, 0.05) is 30.7 Å². The highest BCUT2D eigenvalue weighted by Gasteiger charge is 2.36. The molecule has 0 atom stereocenters. The molecular formula is C14H20N4S. The van der Waals surface area contributed by atoms with Gasteiger partial charge in [-0.15, -0.1) is 11.3 Å². The van der Waals surface area contributed by atoms with Crippen LogP contribution in [0.3, 0.4) is 0 Å². The van der Waals surface area contributed by atoms with Crippen LogP contribution in [0, 0.1) is 5.92 Å². The summed E-state index contributed by atoms with van der Waals surface area (Å²) < 4.78 is 2.25. The zero-order valence-electron chi connectivity index (χ0n) is 11.3. The number of rotatable bonds is 6.